The van der Waals surface area contributed by atoms with Crippen molar-refractivity contribution in [3.63, 3.8) is 0 Å². The highest BCUT2D eigenvalue weighted by Gasteiger charge is 2.26. The lowest BCUT2D eigenvalue weighted by atomic mass is 10.0. The van der Waals surface area contributed by atoms with Crippen LogP contribution in [0.25, 0.3) is 11.0 Å². The molecule has 0 bridgehead atoms. The second-order valence-corrected chi connectivity index (χ2v) is 8.97. The molecule has 1 aliphatic rings. The number of rotatable bonds is 4. The maximum absolute atomic E-state index is 12.4. The summed E-state index contributed by atoms with van der Waals surface area (Å²) < 4.78 is 24.9. The van der Waals surface area contributed by atoms with E-state index in [4.69, 9.17) is 0 Å². The molecule has 2 amide bonds. The highest BCUT2D eigenvalue weighted by atomic mass is 32.2. The maximum atomic E-state index is 12.4. The Kier molecular flexibility index (Phi) is 4.99. The number of nitrogens with one attached hydrogen (secondary N) is 1. The van der Waals surface area contributed by atoms with Crippen molar-refractivity contribution in [3.8, 4) is 0 Å². The summed E-state index contributed by atoms with van der Waals surface area (Å²) in [6, 6.07) is 7.68. The van der Waals surface area contributed by atoms with Crippen molar-refractivity contribution in [1.82, 2.24) is 19.8 Å². The Balaban J connectivity index is 1.61. The van der Waals surface area contributed by atoms with Gasteiger partial charge in [-0.25, -0.2) is 18.2 Å². The first-order valence-electron chi connectivity index (χ1n) is 8.44. The molecule has 8 heteroatoms. The Morgan fingerprint density at radius 1 is 1.36 bits per heavy atom. The van der Waals surface area contributed by atoms with Crippen LogP contribution in [0.3, 0.4) is 0 Å². The fourth-order valence-electron chi connectivity index (χ4n) is 3.43. The summed E-state index contributed by atoms with van der Waals surface area (Å²) in [5.41, 5.74) is 1.93. The molecule has 2 aromatic rings. The number of imidazole rings is 1. The molecule has 1 saturated heterocycles. The minimum absolute atomic E-state index is 0.0187. The van der Waals surface area contributed by atoms with Crippen molar-refractivity contribution >= 4 is 26.9 Å². The maximum Gasteiger partial charge on any atom is 0.317 e. The van der Waals surface area contributed by atoms with Crippen LogP contribution in [0.2, 0.25) is 0 Å². The smallest absolute Gasteiger partial charge is 0.317 e. The van der Waals surface area contributed by atoms with Gasteiger partial charge >= 0.3 is 6.03 Å². The number of hydrogen-bond donors (Lipinski definition) is 1. The predicted molar refractivity (Wildman–Crippen MR) is 97.0 cm³/mol. The van der Waals surface area contributed by atoms with E-state index in [9.17, 15) is 13.2 Å². The SMILES string of the molecule is Cn1c(CNC(=O)N2CCC[C@@H](CS(C)(=O)=O)C2)nc2ccccc21. The molecule has 3 rings (SSSR count). The number of hydrogen-bond acceptors (Lipinski definition) is 4. The van der Waals surface area contributed by atoms with Gasteiger partial charge in [0.25, 0.3) is 0 Å². The first-order valence-corrected chi connectivity index (χ1v) is 10.5. The number of aryl methyl sites for hydroxylation is 1. The monoisotopic (exact) mass is 364 g/mol. The van der Waals surface area contributed by atoms with E-state index in [1.54, 1.807) is 4.90 Å². The van der Waals surface area contributed by atoms with Gasteiger partial charge in [-0.2, -0.15) is 0 Å². The molecule has 2 heterocycles. The van der Waals surface area contributed by atoms with Gasteiger partial charge in [0.15, 0.2) is 0 Å². The van der Waals surface area contributed by atoms with Gasteiger partial charge in [-0.15, -0.1) is 0 Å². The van der Waals surface area contributed by atoms with Crippen molar-refractivity contribution in [3.05, 3.63) is 30.1 Å². The minimum atomic E-state index is -3.02. The first-order chi connectivity index (χ1) is 11.8. The molecule has 0 unspecified atom stereocenters. The normalized spacial score (nSPS) is 18.5. The lowest BCUT2D eigenvalue weighted by Gasteiger charge is -2.32. The van der Waals surface area contributed by atoms with Gasteiger partial charge in [-0.1, -0.05) is 12.1 Å². The van der Waals surface area contributed by atoms with Crippen molar-refractivity contribution < 1.29 is 13.2 Å². The number of carbonyl (C=O) groups excluding carboxylic acids is 1. The van der Waals surface area contributed by atoms with Crippen molar-refractivity contribution in [2.45, 2.75) is 19.4 Å². The van der Waals surface area contributed by atoms with Crippen molar-refractivity contribution in [1.29, 1.82) is 0 Å². The number of para-hydroxylation sites is 2. The molecule has 1 aliphatic heterocycles. The molecule has 1 atom stereocenters. The van der Waals surface area contributed by atoms with Crippen LogP contribution in [0.1, 0.15) is 18.7 Å². The Morgan fingerprint density at radius 2 is 2.12 bits per heavy atom. The molecule has 1 fully saturated rings. The predicted octanol–water partition coefficient (Wildman–Crippen LogP) is 1.54. The molecule has 1 N–H and O–H groups in total. The molecule has 0 saturated carbocycles. The number of carbonyl (C=O) groups is 1. The molecule has 7 nitrogen and oxygen atoms in total. The molecule has 136 valence electrons. The average molecular weight is 364 g/mol. The zero-order valence-electron chi connectivity index (χ0n) is 14.6. The van der Waals surface area contributed by atoms with Crippen molar-refractivity contribution in [2.75, 3.05) is 25.1 Å². The number of piperidine rings is 1. The van der Waals surface area contributed by atoms with E-state index in [0.29, 0.717) is 19.6 Å². The quantitative estimate of drug-likeness (QED) is 0.892. The lowest BCUT2D eigenvalue weighted by Crippen LogP contribution is -2.46. The van der Waals surface area contributed by atoms with E-state index < -0.39 is 9.84 Å². The zero-order valence-corrected chi connectivity index (χ0v) is 15.4. The summed E-state index contributed by atoms with van der Waals surface area (Å²) in [5, 5.41) is 2.91. The topological polar surface area (TPSA) is 84.3 Å². The third kappa shape index (κ3) is 4.31. The largest absolute Gasteiger partial charge is 0.331 e. The molecule has 0 radical (unpaired) electrons. The van der Waals surface area contributed by atoms with Gasteiger partial charge in [0.05, 0.1) is 23.3 Å². The fraction of sp³-hybridized carbons (Fsp3) is 0.529. The zero-order chi connectivity index (χ0) is 18.0. The Bertz CT molecular complexity index is 875. The van der Waals surface area contributed by atoms with Gasteiger partial charge in [0.2, 0.25) is 0 Å². The van der Waals surface area contributed by atoms with Crippen LogP contribution in [0.4, 0.5) is 4.79 Å². The molecular formula is C17H24N4O3S. The third-order valence-electron chi connectivity index (χ3n) is 4.62. The number of fused-ring (bicyclic) bond motifs is 1. The van der Waals surface area contributed by atoms with Crippen LogP contribution >= 0.6 is 0 Å². The van der Waals surface area contributed by atoms with E-state index >= 15 is 0 Å². The lowest BCUT2D eigenvalue weighted by molar-refractivity contribution is 0.169. The molecule has 1 aromatic heterocycles. The average Bonchev–Trinajstić information content (AvgIpc) is 2.88. The number of sulfone groups is 1. The number of urea groups is 1. The summed E-state index contributed by atoms with van der Waals surface area (Å²) in [5.74, 6) is 0.950. The van der Waals surface area contributed by atoms with Crippen LogP contribution in [0.5, 0.6) is 0 Å². The summed E-state index contributed by atoms with van der Waals surface area (Å²) >= 11 is 0. The number of aromatic nitrogens is 2. The minimum Gasteiger partial charge on any atom is -0.331 e. The van der Waals surface area contributed by atoms with E-state index in [1.807, 2.05) is 35.9 Å². The van der Waals surface area contributed by atoms with Gasteiger partial charge < -0.3 is 14.8 Å². The number of likely N-dealkylation sites (tertiary alicyclic amines) is 1. The first kappa shape index (κ1) is 17.7. The molecular weight excluding hydrogens is 340 g/mol. The number of benzene rings is 1. The second-order valence-electron chi connectivity index (χ2n) is 6.78. The van der Waals surface area contributed by atoms with Crippen LogP contribution in [0, 0.1) is 5.92 Å². The number of nitrogens with zero attached hydrogens (tertiary/aromatic N) is 3. The van der Waals surface area contributed by atoms with Crippen LogP contribution in [0.15, 0.2) is 24.3 Å². The Morgan fingerprint density at radius 3 is 2.84 bits per heavy atom. The van der Waals surface area contributed by atoms with Crippen LogP contribution < -0.4 is 5.32 Å². The third-order valence-corrected chi connectivity index (χ3v) is 5.70. The molecule has 25 heavy (non-hydrogen) atoms. The molecule has 0 spiro atoms. The van der Waals surface area contributed by atoms with Crippen molar-refractivity contribution in [2.24, 2.45) is 13.0 Å². The summed E-state index contributed by atoms with van der Waals surface area (Å²) in [4.78, 5) is 18.7. The Labute approximate surface area is 147 Å². The summed E-state index contributed by atoms with van der Waals surface area (Å²) in [7, 11) is -1.09. The van der Waals surface area contributed by atoms with Gasteiger partial charge in [0, 0.05) is 26.4 Å². The molecule has 1 aromatic carbocycles. The van der Waals surface area contributed by atoms with Gasteiger partial charge in [-0.05, 0) is 30.9 Å². The Hall–Kier alpha value is -2.09. The summed E-state index contributed by atoms with van der Waals surface area (Å²) in [6.45, 7) is 1.49. The van der Waals surface area contributed by atoms with Crippen LogP contribution in [-0.2, 0) is 23.4 Å². The van der Waals surface area contributed by atoms with Gasteiger partial charge in [0.1, 0.15) is 15.7 Å². The van der Waals surface area contributed by atoms with E-state index in [1.165, 1.54) is 6.26 Å². The highest BCUT2D eigenvalue weighted by molar-refractivity contribution is 7.90. The fourth-order valence-corrected chi connectivity index (χ4v) is 4.56. The van der Waals surface area contributed by atoms with Gasteiger partial charge in [-0.3, -0.25) is 0 Å². The number of amides is 2. The standard InChI is InChI=1S/C17H24N4O3S/c1-20-15-8-4-3-7-14(15)19-16(20)10-18-17(22)21-9-5-6-13(11-21)12-25(2,23)24/h3-4,7-8,13H,5-6,9-12H2,1-2H3,(H,18,22)/t13-/m1/s1. The second kappa shape index (κ2) is 7.03. The van der Waals surface area contributed by atoms with E-state index in [-0.39, 0.29) is 17.7 Å². The highest BCUT2D eigenvalue weighted by Crippen LogP contribution is 2.18. The van der Waals surface area contributed by atoms with E-state index in [2.05, 4.69) is 10.3 Å². The molecule has 0 aliphatic carbocycles. The van der Waals surface area contributed by atoms with Crippen LogP contribution in [-0.4, -0.2) is 54.0 Å². The van der Waals surface area contributed by atoms with E-state index in [0.717, 1.165) is 29.7 Å². The summed E-state index contributed by atoms with van der Waals surface area (Å²) in [6.07, 6.45) is 2.93.